The van der Waals surface area contributed by atoms with Gasteiger partial charge in [0.05, 0.1) is 12.2 Å². The highest BCUT2D eigenvalue weighted by Gasteiger charge is 1.99. The zero-order valence-electron chi connectivity index (χ0n) is 17.1. The van der Waals surface area contributed by atoms with E-state index in [0.717, 1.165) is 11.5 Å². The molecule has 0 N–H and O–H groups in total. The molecular formula is C26H28O2. The summed E-state index contributed by atoms with van der Waals surface area (Å²) in [5.41, 5.74) is 0. The summed E-state index contributed by atoms with van der Waals surface area (Å²) in [5.74, 6) is 1.89. The second-order valence-electron chi connectivity index (χ2n) is 7.35. The van der Waals surface area contributed by atoms with Crippen LogP contribution in [0.15, 0.2) is 84.9 Å². The van der Waals surface area contributed by atoms with E-state index in [9.17, 15) is 0 Å². The van der Waals surface area contributed by atoms with Crippen molar-refractivity contribution in [1.82, 2.24) is 0 Å². The molecule has 0 fully saturated rings. The summed E-state index contributed by atoms with van der Waals surface area (Å²) in [6.07, 6.45) is 0.465. The van der Waals surface area contributed by atoms with Gasteiger partial charge in [-0.2, -0.15) is 0 Å². The molecule has 0 amide bonds. The average molecular weight is 373 g/mol. The second kappa shape index (κ2) is 9.27. The predicted molar refractivity (Wildman–Crippen MR) is 119 cm³/mol. The largest absolute Gasteiger partial charge is 0.491 e. The highest BCUT2D eigenvalue weighted by atomic mass is 16.5. The van der Waals surface area contributed by atoms with Crippen molar-refractivity contribution >= 4 is 21.5 Å². The molecule has 0 unspecified atom stereocenters. The van der Waals surface area contributed by atoms with Crippen molar-refractivity contribution in [2.45, 2.75) is 39.9 Å². The molecule has 4 aromatic rings. The summed E-state index contributed by atoms with van der Waals surface area (Å²) in [6.45, 7) is 8.15. The van der Waals surface area contributed by atoms with Crippen LogP contribution in [0.1, 0.15) is 27.7 Å². The summed E-state index contributed by atoms with van der Waals surface area (Å²) in [4.78, 5) is 0. The molecule has 0 atom stereocenters. The van der Waals surface area contributed by atoms with E-state index in [1.165, 1.54) is 21.5 Å². The van der Waals surface area contributed by atoms with Crippen LogP contribution in [-0.2, 0) is 0 Å². The molecule has 0 radical (unpaired) electrons. The molecule has 0 aliphatic heterocycles. The molecule has 0 spiro atoms. The zero-order valence-corrected chi connectivity index (χ0v) is 17.1. The predicted octanol–water partition coefficient (Wildman–Crippen LogP) is 7.25. The van der Waals surface area contributed by atoms with Gasteiger partial charge in [0.15, 0.2) is 0 Å². The number of fused-ring (bicyclic) bond motifs is 2. The van der Waals surface area contributed by atoms with Crippen LogP contribution in [0, 0.1) is 0 Å². The molecule has 2 heteroatoms. The third kappa shape index (κ3) is 5.50. The lowest BCUT2D eigenvalue weighted by molar-refractivity contribution is 0.242. The maximum absolute atomic E-state index is 5.62. The highest BCUT2D eigenvalue weighted by Crippen LogP contribution is 2.22. The molecule has 0 aliphatic rings. The van der Waals surface area contributed by atoms with Gasteiger partial charge >= 0.3 is 0 Å². The standard InChI is InChI=1S/2C13H14O/c2*1-10(2)14-13-8-7-11-5-3-4-6-12(11)9-13/h2*3-10H,1-2H3. The fourth-order valence-electron chi connectivity index (χ4n) is 3.03. The van der Waals surface area contributed by atoms with Gasteiger partial charge in [0.2, 0.25) is 0 Å². The first-order chi connectivity index (χ1) is 13.5. The van der Waals surface area contributed by atoms with Crippen molar-refractivity contribution in [2.24, 2.45) is 0 Å². The Labute approximate surface area is 167 Å². The zero-order chi connectivity index (χ0) is 19.9. The molecule has 2 nitrogen and oxygen atoms in total. The number of rotatable bonds is 4. The van der Waals surface area contributed by atoms with Gasteiger partial charge in [-0.3, -0.25) is 0 Å². The van der Waals surface area contributed by atoms with E-state index in [2.05, 4.69) is 48.5 Å². The minimum atomic E-state index is 0.233. The van der Waals surface area contributed by atoms with Crippen molar-refractivity contribution in [2.75, 3.05) is 0 Å². The summed E-state index contributed by atoms with van der Waals surface area (Å²) in [5, 5.41) is 4.96. The third-order valence-corrected chi connectivity index (χ3v) is 4.19. The second-order valence-corrected chi connectivity index (χ2v) is 7.35. The number of hydrogen-bond acceptors (Lipinski definition) is 2. The molecule has 0 saturated heterocycles. The third-order valence-electron chi connectivity index (χ3n) is 4.19. The fourth-order valence-corrected chi connectivity index (χ4v) is 3.03. The Morgan fingerprint density at radius 3 is 1.18 bits per heavy atom. The van der Waals surface area contributed by atoms with Gasteiger partial charge in [-0.1, -0.05) is 60.7 Å². The number of hydrogen-bond donors (Lipinski definition) is 0. The van der Waals surface area contributed by atoms with Gasteiger partial charge in [-0.15, -0.1) is 0 Å². The van der Waals surface area contributed by atoms with Gasteiger partial charge in [0, 0.05) is 0 Å². The van der Waals surface area contributed by atoms with E-state index in [1.807, 2.05) is 64.1 Å². The number of benzene rings is 4. The summed E-state index contributed by atoms with van der Waals surface area (Å²) in [6, 6.07) is 29.0. The maximum Gasteiger partial charge on any atom is 0.120 e. The van der Waals surface area contributed by atoms with Crippen LogP contribution >= 0.6 is 0 Å². The van der Waals surface area contributed by atoms with E-state index in [-0.39, 0.29) is 12.2 Å². The Morgan fingerprint density at radius 1 is 0.464 bits per heavy atom. The minimum absolute atomic E-state index is 0.233. The molecule has 144 valence electrons. The molecule has 0 aliphatic carbocycles. The Bertz CT molecular complexity index is 949. The first-order valence-electron chi connectivity index (χ1n) is 9.82. The lowest BCUT2D eigenvalue weighted by Gasteiger charge is -2.09. The smallest absolute Gasteiger partial charge is 0.120 e. The molecule has 0 saturated carbocycles. The first kappa shape index (κ1) is 19.8. The van der Waals surface area contributed by atoms with Gasteiger partial charge in [0.1, 0.15) is 11.5 Å². The monoisotopic (exact) mass is 372 g/mol. The SMILES string of the molecule is CC(C)Oc1ccc2ccccc2c1.CC(C)Oc1ccc2ccccc2c1. The lowest BCUT2D eigenvalue weighted by atomic mass is 10.1. The van der Waals surface area contributed by atoms with Gasteiger partial charge in [-0.05, 0) is 73.5 Å². The van der Waals surface area contributed by atoms with Gasteiger partial charge in [0.25, 0.3) is 0 Å². The van der Waals surface area contributed by atoms with Crippen LogP contribution in [0.5, 0.6) is 11.5 Å². The fraction of sp³-hybridized carbons (Fsp3) is 0.231. The van der Waals surface area contributed by atoms with Crippen LogP contribution in [0.25, 0.3) is 21.5 Å². The molecule has 28 heavy (non-hydrogen) atoms. The van der Waals surface area contributed by atoms with E-state index in [1.54, 1.807) is 0 Å². The summed E-state index contributed by atoms with van der Waals surface area (Å²) in [7, 11) is 0. The summed E-state index contributed by atoms with van der Waals surface area (Å²) >= 11 is 0. The normalized spacial score (nSPS) is 10.8. The maximum atomic E-state index is 5.62. The minimum Gasteiger partial charge on any atom is -0.491 e. The van der Waals surface area contributed by atoms with Crippen LogP contribution < -0.4 is 9.47 Å². The van der Waals surface area contributed by atoms with E-state index >= 15 is 0 Å². The van der Waals surface area contributed by atoms with Gasteiger partial charge in [-0.25, -0.2) is 0 Å². The van der Waals surface area contributed by atoms with E-state index in [0.29, 0.717) is 0 Å². The number of ether oxygens (including phenoxy) is 2. The first-order valence-corrected chi connectivity index (χ1v) is 9.82. The Hall–Kier alpha value is -3.00. The van der Waals surface area contributed by atoms with Gasteiger partial charge < -0.3 is 9.47 Å². The summed E-state index contributed by atoms with van der Waals surface area (Å²) < 4.78 is 11.2. The molecule has 4 rings (SSSR count). The lowest BCUT2D eigenvalue weighted by Crippen LogP contribution is -2.05. The topological polar surface area (TPSA) is 18.5 Å². The van der Waals surface area contributed by atoms with Crippen LogP contribution in [0.3, 0.4) is 0 Å². The van der Waals surface area contributed by atoms with Crippen molar-refractivity contribution in [1.29, 1.82) is 0 Å². The van der Waals surface area contributed by atoms with Crippen molar-refractivity contribution in [3.8, 4) is 11.5 Å². The average Bonchev–Trinajstić information content (AvgIpc) is 2.67. The van der Waals surface area contributed by atoms with Crippen LogP contribution in [-0.4, -0.2) is 12.2 Å². The van der Waals surface area contributed by atoms with Crippen LogP contribution in [0.4, 0.5) is 0 Å². The van der Waals surface area contributed by atoms with Crippen LogP contribution in [0.2, 0.25) is 0 Å². The molecular weight excluding hydrogens is 344 g/mol. The quantitative estimate of drug-likeness (QED) is 0.375. The Balaban J connectivity index is 0.000000161. The van der Waals surface area contributed by atoms with Crippen molar-refractivity contribution in [3.05, 3.63) is 84.9 Å². The molecule has 4 aromatic carbocycles. The van der Waals surface area contributed by atoms with Crippen molar-refractivity contribution in [3.63, 3.8) is 0 Å². The van der Waals surface area contributed by atoms with E-state index < -0.39 is 0 Å². The Kier molecular flexibility index (Phi) is 6.54. The van der Waals surface area contributed by atoms with Crippen molar-refractivity contribution < 1.29 is 9.47 Å². The molecule has 0 bridgehead atoms. The highest BCUT2D eigenvalue weighted by molar-refractivity contribution is 5.84. The Morgan fingerprint density at radius 2 is 0.821 bits per heavy atom. The molecule has 0 aromatic heterocycles. The molecule has 0 heterocycles. The van der Waals surface area contributed by atoms with E-state index in [4.69, 9.17) is 9.47 Å².